The van der Waals surface area contributed by atoms with Gasteiger partial charge in [0.25, 0.3) is 0 Å². The zero-order valence-corrected chi connectivity index (χ0v) is 14.0. The van der Waals surface area contributed by atoms with Crippen molar-refractivity contribution in [2.75, 3.05) is 7.05 Å². The average Bonchev–Trinajstić information content (AvgIpc) is 2.48. The van der Waals surface area contributed by atoms with Gasteiger partial charge in [-0.3, -0.25) is 4.98 Å². The average molecular weight is 354 g/mol. The Bertz CT molecular complexity index is 569. The van der Waals surface area contributed by atoms with Crippen molar-refractivity contribution >= 4 is 27.5 Å². The molecule has 106 valence electrons. The highest BCUT2D eigenvalue weighted by atomic mass is 79.9. The molecule has 0 fully saturated rings. The van der Waals surface area contributed by atoms with Crippen LogP contribution in [0.4, 0.5) is 0 Å². The lowest BCUT2D eigenvalue weighted by Crippen LogP contribution is -2.19. The van der Waals surface area contributed by atoms with Crippen LogP contribution in [0.25, 0.3) is 0 Å². The summed E-state index contributed by atoms with van der Waals surface area (Å²) in [5, 5.41) is 4.09. The molecule has 1 aromatic heterocycles. The number of aryl methyl sites for hydroxylation is 1. The minimum absolute atomic E-state index is 0.153. The second-order valence-electron chi connectivity index (χ2n) is 4.72. The molecule has 20 heavy (non-hydrogen) atoms. The van der Waals surface area contributed by atoms with E-state index in [1.165, 1.54) is 5.56 Å². The molecule has 0 saturated carbocycles. The number of likely N-dealkylation sites (N-methyl/N-ethyl adjacent to an activating group) is 1. The van der Waals surface area contributed by atoms with E-state index >= 15 is 0 Å². The van der Waals surface area contributed by atoms with E-state index in [0.717, 1.165) is 33.6 Å². The van der Waals surface area contributed by atoms with E-state index in [1.54, 1.807) is 0 Å². The van der Waals surface area contributed by atoms with Crippen molar-refractivity contribution in [3.05, 3.63) is 62.8 Å². The maximum Gasteiger partial charge on any atom is 0.0454 e. The zero-order valence-electron chi connectivity index (χ0n) is 11.7. The third-order valence-electron chi connectivity index (χ3n) is 3.39. The summed E-state index contributed by atoms with van der Waals surface area (Å²) >= 11 is 9.80. The van der Waals surface area contributed by atoms with Crippen LogP contribution < -0.4 is 5.32 Å². The highest BCUT2D eigenvalue weighted by Gasteiger charge is 2.14. The number of pyridine rings is 1. The van der Waals surface area contributed by atoms with Gasteiger partial charge >= 0.3 is 0 Å². The summed E-state index contributed by atoms with van der Waals surface area (Å²) in [6, 6.07) is 10.3. The maximum atomic E-state index is 6.30. The minimum atomic E-state index is 0.153. The Morgan fingerprint density at radius 1 is 1.30 bits per heavy atom. The van der Waals surface area contributed by atoms with Gasteiger partial charge in [-0.25, -0.2) is 0 Å². The molecule has 1 aromatic carbocycles. The van der Waals surface area contributed by atoms with Gasteiger partial charge in [0.1, 0.15) is 0 Å². The molecule has 0 saturated heterocycles. The molecule has 0 aliphatic carbocycles. The largest absolute Gasteiger partial charge is 0.313 e. The molecule has 1 heterocycles. The standard InChI is InChI=1S/C16H18BrClN2/c1-3-11-4-6-13(20-10-11)9-16(19-2)14-8-12(17)5-7-15(14)18/h4-8,10,16,19H,3,9H2,1-2H3. The summed E-state index contributed by atoms with van der Waals surface area (Å²) in [5.74, 6) is 0. The smallest absolute Gasteiger partial charge is 0.0454 e. The Balaban J connectivity index is 2.21. The maximum absolute atomic E-state index is 6.30. The fourth-order valence-electron chi connectivity index (χ4n) is 2.14. The highest BCUT2D eigenvalue weighted by molar-refractivity contribution is 9.10. The van der Waals surface area contributed by atoms with E-state index < -0.39 is 0 Å². The van der Waals surface area contributed by atoms with Gasteiger partial charge in [-0.1, -0.05) is 40.5 Å². The van der Waals surface area contributed by atoms with Gasteiger partial charge in [0.15, 0.2) is 0 Å². The monoisotopic (exact) mass is 352 g/mol. The highest BCUT2D eigenvalue weighted by Crippen LogP contribution is 2.28. The number of halogens is 2. The van der Waals surface area contributed by atoms with E-state index in [-0.39, 0.29) is 6.04 Å². The molecule has 0 spiro atoms. The van der Waals surface area contributed by atoms with Crippen molar-refractivity contribution in [2.24, 2.45) is 0 Å². The first-order chi connectivity index (χ1) is 9.63. The Morgan fingerprint density at radius 2 is 2.10 bits per heavy atom. The Morgan fingerprint density at radius 3 is 2.70 bits per heavy atom. The van der Waals surface area contributed by atoms with Gasteiger partial charge in [0.2, 0.25) is 0 Å². The first kappa shape index (κ1) is 15.5. The zero-order chi connectivity index (χ0) is 14.5. The van der Waals surface area contributed by atoms with E-state index in [1.807, 2.05) is 25.4 Å². The molecule has 0 radical (unpaired) electrons. The third kappa shape index (κ3) is 3.81. The predicted octanol–water partition coefficient (Wildman–Crippen LogP) is 4.56. The van der Waals surface area contributed by atoms with E-state index in [9.17, 15) is 0 Å². The van der Waals surface area contributed by atoms with Crippen molar-refractivity contribution in [1.29, 1.82) is 0 Å². The second kappa shape index (κ2) is 7.21. The van der Waals surface area contributed by atoms with Crippen LogP contribution in [-0.4, -0.2) is 12.0 Å². The topological polar surface area (TPSA) is 24.9 Å². The molecular weight excluding hydrogens is 336 g/mol. The number of hydrogen-bond donors (Lipinski definition) is 1. The van der Waals surface area contributed by atoms with Gasteiger partial charge in [0.05, 0.1) is 0 Å². The molecule has 0 amide bonds. The molecule has 0 bridgehead atoms. The molecule has 1 unspecified atom stereocenters. The summed E-state index contributed by atoms with van der Waals surface area (Å²) in [7, 11) is 1.95. The second-order valence-corrected chi connectivity index (χ2v) is 6.05. The SMILES string of the molecule is CCc1ccc(CC(NC)c2cc(Br)ccc2Cl)nc1. The van der Waals surface area contributed by atoms with Gasteiger partial charge in [0, 0.05) is 33.8 Å². The van der Waals surface area contributed by atoms with E-state index in [4.69, 9.17) is 11.6 Å². The number of rotatable bonds is 5. The predicted molar refractivity (Wildman–Crippen MR) is 88.3 cm³/mol. The summed E-state index contributed by atoms with van der Waals surface area (Å²) in [6.45, 7) is 2.13. The molecule has 2 rings (SSSR count). The van der Waals surface area contributed by atoms with Crippen molar-refractivity contribution in [3.8, 4) is 0 Å². The van der Waals surface area contributed by atoms with Crippen LogP contribution >= 0.6 is 27.5 Å². The molecule has 1 atom stereocenters. The first-order valence-corrected chi connectivity index (χ1v) is 7.87. The van der Waals surface area contributed by atoms with Crippen molar-refractivity contribution < 1.29 is 0 Å². The normalized spacial score (nSPS) is 12.4. The fraction of sp³-hybridized carbons (Fsp3) is 0.312. The molecule has 2 nitrogen and oxygen atoms in total. The van der Waals surface area contributed by atoms with Crippen LogP contribution in [0.15, 0.2) is 41.0 Å². The summed E-state index contributed by atoms with van der Waals surface area (Å²) < 4.78 is 1.03. The Hall–Kier alpha value is -0.900. The van der Waals surface area contributed by atoms with Crippen LogP contribution in [0.5, 0.6) is 0 Å². The molecule has 1 N–H and O–H groups in total. The van der Waals surface area contributed by atoms with Crippen molar-refractivity contribution in [3.63, 3.8) is 0 Å². The van der Waals surface area contributed by atoms with Crippen LogP contribution in [0.2, 0.25) is 5.02 Å². The minimum Gasteiger partial charge on any atom is -0.313 e. The van der Waals surface area contributed by atoms with Crippen LogP contribution in [-0.2, 0) is 12.8 Å². The third-order valence-corrected chi connectivity index (χ3v) is 4.23. The summed E-state index contributed by atoms with van der Waals surface area (Å²) in [5.41, 5.74) is 3.41. The number of nitrogens with one attached hydrogen (secondary N) is 1. The molecule has 0 aliphatic heterocycles. The quantitative estimate of drug-likeness (QED) is 0.852. The molecule has 0 aliphatic rings. The Labute approximate surface area is 133 Å². The number of aromatic nitrogens is 1. The number of nitrogens with zero attached hydrogens (tertiary/aromatic N) is 1. The van der Waals surface area contributed by atoms with Gasteiger partial charge in [-0.2, -0.15) is 0 Å². The van der Waals surface area contributed by atoms with Crippen molar-refractivity contribution in [2.45, 2.75) is 25.8 Å². The summed E-state index contributed by atoms with van der Waals surface area (Å²) in [6.07, 6.45) is 3.78. The van der Waals surface area contributed by atoms with Crippen molar-refractivity contribution in [1.82, 2.24) is 10.3 Å². The number of benzene rings is 1. The molecule has 2 aromatic rings. The lowest BCUT2D eigenvalue weighted by molar-refractivity contribution is 0.584. The fourth-order valence-corrected chi connectivity index (χ4v) is 2.77. The molecular formula is C16H18BrClN2. The van der Waals surface area contributed by atoms with E-state index in [2.05, 4.69) is 51.4 Å². The lowest BCUT2D eigenvalue weighted by atomic mass is 10.0. The van der Waals surface area contributed by atoms with Gasteiger partial charge in [-0.15, -0.1) is 0 Å². The van der Waals surface area contributed by atoms with Gasteiger partial charge in [-0.05, 0) is 48.9 Å². The van der Waals surface area contributed by atoms with Crippen LogP contribution in [0, 0.1) is 0 Å². The lowest BCUT2D eigenvalue weighted by Gasteiger charge is -2.18. The summed E-state index contributed by atoms with van der Waals surface area (Å²) in [4.78, 5) is 4.52. The first-order valence-electron chi connectivity index (χ1n) is 6.70. The molecule has 4 heteroatoms. The van der Waals surface area contributed by atoms with E-state index in [0.29, 0.717) is 0 Å². The van der Waals surface area contributed by atoms with Crippen LogP contribution in [0.3, 0.4) is 0 Å². The Kier molecular flexibility index (Phi) is 5.58. The number of hydrogen-bond acceptors (Lipinski definition) is 2. The van der Waals surface area contributed by atoms with Crippen LogP contribution in [0.1, 0.15) is 29.8 Å². The van der Waals surface area contributed by atoms with Gasteiger partial charge < -0.3 is 5.32 Å².